The second-order valence-corrected chi connectivity index (χ2v) is 3.13. The number of nitrogens with zero attached hydrogens (tertiary/aromatic N) is 2. The molecule has 4 nitrogen and oxygen atoms in total. The fourth-order valence-electron chi connectivity index (χ4n) is 1.17. The summed E-state index contributed by atoms with van der Waals surface area (Å²) in [7, 11) is 0. The zero-order chi connectivity index (χ0) is 12.0. The fraction of sp³-hybridized carbons (Fsp3) is 0.167. The number of aromatic nitrogens is 1. The Morgan fingerprint density at radius 3 is 2.94 bits per heavy atom. The second kappa shape index (κ2) is 5.56. The molecule has 82 valence electrons. The molecule has 0 spiro atoms. The first-order valence-corrected chi connectivity index (χ1v) is 4.85. The Hall–Kier alpha value is -2.28. The highest BCUT2D eigenvalue weighted by atomic mass is 16.4. The van der Waals surface area contributed by atoms with Crippen molar-refractivity contribution in [3.05, 3.63) is 41.7 Å². The third kappa shape index (κ3) is 3.14. The summed E-state index contributed by atoms with van der Waals surface area (Å²) in [6, 6.07) is 3.53. The summed E-state index contributed by atoms with van der Waals surface area (Å²) in [5.41, 5.74) is 0.701. The van der Waals surface area contributed by atoms with E-state index >= 15 is 0 Å². The fourth-order valence-corrected chi connectivity index (χ4v) is 1.17. The lowest BCUT2D eigenvalue weighted by atomic mass is 10.2. The van der Waals surface area contributed by atoms with Crippen molar-refractivity contribution in [2.45, 2.75) is 13.5 Å². The number of allylic oxidation sites excluding steroid dienone is 2. The van der Waals surface area contributed by atoms with Gasteiger partial charge in [-0.25, -0.2) is 4.79 Å². The van der Waals surface area contributed by atoms with Crippen molar-refractivity contribution >= 4 is 12.0 Å². The van der Waals surface area contributed by atoms with Crippen LogP contribution in [0.5, 0.6) is 0 Å². The summed E-state index contributed by atoms with van der Waals surface area (Å²) in [6.07, 6.45) is 8.48. The van der Waals surface area contributed by atoms with E-state index in [4.69, 9.17) is 10.4 Å². The van der Waals surface area contributed by atoms with Gasteiger partial charge in [0, 0.05) is 18.9 Å². The summed E-state index contributed by atoms with van der Waals surface area (Å²) < 4.78 is 2.01. The van der Waals surface area contributed by atoms with E-state index in [1.807, 2.05) is 30.0 Å². The first-order chi connectivity index (χ1) is 7.67. The van der Waals surface area contributed by atoms with Gasteiger partial charge >= 0.3 is 5.97 Å². The number of aliphatic carboxylic acids is 1. The van der Waals surface area contributed by atoms with Gasteiger partial charge in [-0.15, -0.1) is 0 Å². The predicted molar refractivity (Wildman–Crippen MR) is 60.5 cm³/mol. The van der Waals surface area contributed by atoms with Gasteiger partial charge in [0.1, 0.15) is 11.6 Å². The highest BCUT2D eigenvalue weighted by Crippen LogP contribution is 2.04. The Balaban J connectivity index is 2.74. The molecule has 0 radical (unpaired) electrons. The minimum absolute atomic E-state index is 0.272. The summed E-state index contributed by atoms with van der Waals surface area (Å²) in [4.78, 5) is 10.5. The number of carboxylic acids is 1. The lowest BCUT2D eigenvalue weighted by molar-refractivity contribution is -0.132. The van der Waals surface area contributed by atoms with Crippen LogP contribution in [-0.2, 0) is 11.3 Å². The van der Waals surface area contributed by atoms with Gasteiger partial charge in [0.25, 0.3) is 0 Å². The molecule has 1 aromatic heterocycles. The Morgan fingerprint density at radius 2 is 2.44 bits per heavy atom. The van der Waals surface area contributed by atoms with Crippen molar-refractivity contribution in [2.24, 2.45) is 0 Å². The van der Waals surface area contributed by atoms with Gasteiger partial charge in [-0.05, 0) is 24.6 Å². The van der Waals surface area contributed by atoms with E-state index in [1.54, 1.807) is 18.2 Å². The monoisotopic (exact) mass is 216 g/mol. The highest BCUT2D eigenvalue weighted by molar-refractivity contribution is 5.91. The molecular formula is C12H12N2O2. The van der Waals surface area contributed by atoms with E-state index in [9.17, 15) is 4.79 Å². The number of hydrogen-bond acceptors (Lipinski definition) is 2. The molecule has 4 heteroatoms. The van der Waals surface area contributed by atoms with Gasteiger partial charge in [-0.1, -0.05) is 12.2 Å². The van der Waals surface area contributed by atoms with Crippen LogP contribution in [0.15, 0.2) is 36.2 Å². The van der Waals surface area contributed by atoms with Crippen LogP contribution in [0.1, 0.15) is 12.5 Å². The van der Waals surface area contributed by atoms with Gasteiger partial charge in [0.2, 0.25) is 0 Å². The molecule has 1 N–H and O–H groups in total. The van der Waals surface area contributed by atoms with E-state index in [0.717, 1.165) is 12.1 Å². The van der Waals surface area contributed by atoms with Gasteiger partial charge in [-0.2, -0.15) is 5.26 Å². The van der Waals surface area contributed by atoms with Gasteiger partial charge < -0.3 is 9.67 Å². The van der Waals surface area contributed by atoms with Crippen LogP contribution in [0.25, 0.3) is 6.08 Å². The summed E-state index contributed by atoms with van der Waals surface area (Å²) in [5, 5.41) is 17.1. The molecule has 0 atom stereocenters. The van der Waals surface area contributed by atoms with E-state index in [-0.39, 0.29) is 5.57 Å². The van der Waals surface area contributed by atoms with Crippen molar-refractivity contribution in [1.29, 1.82) is 5.26 Å². The molecule has 0 saturated heterocycles. The minimum Gasteiger partial charge on any atom is -0.477 e. The van der Waals surface area contributed by atoms with Gasteiger partial charge in [-0.3, -0.25) is 0 Å². The number of nitriles is 1. The van der Waals surface area contributed by atoms with Crippen LogP contribution in [0.4, 0.5) is 0 Å². The molecule has 0 aliphatic heterocycles. The largest absolute Gasteiger partial charge is 0.477 e. The number of rotatable bonds is 4. The second-order valence-electron chi connectivity index (χ2n) is 3.13. The third-order valence-electron chi connectivity index (χ3n) is 2.04. The summed E-state index contributed by atoms with van der Waals surface area (Å²) in [5.74, 6) is -1.21. The van der Waals surface area contributed by atoms with Crippen molar-refractivity contribution in [2.75, 3.05) is 0 Å². The zero-order valence-electron chi connectivity index (χ0n) is 8.92. The smallest absolute Gasteiger partial charge is 0.346 e. The van der Waals surface area contributed by atoms with Crippen LogP contribution < -0.4 is 0 Å². The molecular weight excluding hydrogens is 204 g/mol. The zero-order valence-corrected chi connectivity index (χ0v) is 8.92. The molecule has 0 unspecified atom stereocenters. The molecule has 0 aliphatic rings. The minimum atomic E-state index is -1.21. The first kappa shape index (κ1) is 11.8. The van der Waals surface area contributed by atoms with E-state index < -0.39 is 5.97 Å². The van der Waals surface area contributed by atoms with Crippen LogP contribution in [0.2, 0.25) is 0 Å². The quantitative estimate of drug-likeness (QED) is 0.476. The van der Waals surface area contributed by atoms with Crippen LogP contribution in [-0.4, -0.2) is 15.6 Å². The normalized spacial score (nSPS) is 11.6. The first-order valence-electron chi connectivity index (χ1n) is 4.85. The molecule has 0 amide bonds. The van der Waals surface area contributed by atoms with E-state index in [2.05, 4.69) is 0 Å². The third-order valence-corrected chi connectivity index (χ3v) is 2.04. The molecule has 0 saturated carbocycles. The molecule has 0 bridgehead atoms. The molecule has 0 aromatic carbocycles. The number of aryl methyl sites for hydroxylation is 1. The topological polar surface area (TPSA) is 66.0 Å². The summed E-state index contributed by atoms with van der Waals surface area (Å²) in [6.45, 7) is 2.92. The maximum atomic E-state index is 10.5. The van der Waals surface area contributed by atoms with Crippen LogP contribution in [0, 0.1) is 11.3 Å². The maximum absolute atomic E-state index is 10.5. The Bertz CT molecular complexity index is 475. The van der Waals surface area contributed by atoms with E-state index in [0.29, 0.717) is 0 Å². The van der Waals surface area contributed by atoms with Crippen molar-refractivity contribution in [3.8, 4) is 6.07 Å². The molecule has 1 heterocycles. The molecule has 0 aliphatic carbocycles. The number of carboxylic acid groups (broad SMARTS) is 1. The van der Waals surface area contributed by atoms with Crippen molar-refractivity contribution in [3.63, 3.8) is 0 Å². The Labute approximate surface area is 93.7 Å². The standard InChI is InChI=1S/C12H12N2O2/c1-2-14-7-6-10(9-14)4-3-5-11(8-13)12(15)16/h3-7,9H,2H2,1H3,(H,15,16)/b4-3+,11-5+. The average Bonchev–Trinajstić information content (AvgIpc) is 2.71. The van der Waals surface area contributed by atoms with Crippen LogP contribution >= 0.6 is 0 Å². The van der Waals surface area contributed by atoms with E-state index in [1.165, 1.54) is 6.08 Å². The molecule has 1 aromatic rings. The Kier molecular flexibility index (Phi) is 4.10. The van der Waals surface area contributed by atoms with Gasteiger partial charge in [0.05, 0.1) is 0 Å². The summed E-state index contributed by atoms with van der Waals surface area (Å²) >= 11 is 0. The average molecular weight is 216 g/mol. The highest BCUT2D eigenvalue weighted by Gasteiger charge is 2.02. The number of hydrogen-bond donors (Lipinski definition) is 1. The Morgan fingerprint density at radius 1 is 1.69 bits per heavy atom. The van der Waals surface area contributed by atoms with Gasteiger partial charge in [0.15, 0.2) is 0 Å². The molecule has 0 fully saturated rings. The molecule has 1 rings (SSSR count). The lowest BCUT2D eigenvalue weighted by Crippen LogP contribution is -1.96. The lowest BCUT2D eigenvalue weighted by Gasteiger charge is -1.91. The van der Waals surface area contributed by atoms with Crippen molar-refractivity contribution < 1.29 is 9.90 Å². The maximum Gasteiger partial charge on any atom is 0.346 e. The number of carbonyl (C=O) groups is 1. The van der Waals surface area contributed by atoms with Crippen LogP contribution in [0.3, 0.4) is 0 Å². The predicted octanol–water partition coefficient (Wildman–Crippen LogP) is 2.06. The van der Waals surface area contributed by atoms with Crippen molar-refractivity contribution in [1.82, 2.24) is 4.57 Å². The SMILES string of the molecule is CCn1ccc(/C=C/C=C(\C#N)C(=O)O)c1. The molecule has 16 heavy (non-hydrogen) atoms.